The number of likely N-dealkylation sites (tertiary alicyclic amines) is 1. The predicted molar refractivity (Wildman–Crippen MR) is 107 cm³/mol. The highest BCUT2D eigenvalue weighted by atomic mass is 32.1. The molecule has 2 aliphatic rings. The van der Waals surface area contributed by atoms with E-state index < -0.39 is 0 Å². The van der Waals surface area contributed by atoms with Crippen molar-refractivity contribution in [2.45, 2.75) is 58.4 Å². The smallest absolute Gasteiger partial charge is 0.260 e. The number of nitrogens with one attached hydrogen (secondary N) is 1. The first-order valence-corrected chi connectivity index (χ1v) is 11.0. The molecule has 2 aromatic rings. The lowest BCUT2D eigenvalue weighted by Gasteiger charge is -2.17. The normalized spacial score (nSPS) is 21.0. The summed E-state index contributed by atoms with van der Waals surface area (Å²) in [6, 6.07) is 0.106. The Balaban J connectivity index is 1.42. The lowest BCUT2D eigenvalue weighted by molar-refractivity contribution is -0.694. The van der Waals surface area contributed by atoms with Crippen LogP contribution in [0, 0.1) is 5.92 Å². The third-order valence-corrected chi connectivity index (χ3v) is 7.09. The number of thiophene rings is 1. The highest BCUT2D eigenvalue weighted by Crippen LogP contribution is 2.35. The zero-order valence-corrected chi connectivity index (χ0v) is 17.0. The van der Waals surface area contributed by atoms with Crippen molar-refractivity contribution in [1.82, 2.24) is 14.9 Å². The number of fused-ring (bicyclic) bond motifs is 3. The van der Waals surface area contributed by atoms with Gasteiger partial charge in [-0.3, -0.25) is 9.59 Å². The van der Waals surface area contributed by atoms with E-state index in [4.69, 9.17) is 4.98 Å². The lowest BCUT2D eigenvalue weighted by Crippen LogP contribution is -2.85. The van der Waals surface area contributed by atoms with Gasteiger partial charge in [-0.2, -0.15) is 0 Å². The summed E-state index contributed by atoms with van der Waals surface area (Å²) in [5, 5.41) is 3.03. The molecule has 1 saturated heterocycles. The summed E-state index contributed by atoms with van der Waals surface area (Å²) in [5.41, 5.74) is 1.25. The Morgan fingerprint density at radius 2 is 2.22 bits per heavy atom. The van der Waals surface area contributed by atoms with E-state index in [1.165, 1.54) is 10.4 Å². The highest BCUT2D eigenvalue weighted by molar-refractivity contribution is 7.18. The zero-order chi connectivity index (χ0) is 19.0. The van der Waals surface area contributed by atoms with Gasteiger partial charge in [0.05, 0.1) is 11.9 Å². The molecule has 0 aromatic carbocycles. The second kappa shape index (κ2) is 7.72. The second-order valence-electron chi connectivity index (χ2n) is 8.13. The standard InChI is InChI=1S/C20H28N4O2S/c1-12-6-7-14-15(11-12)27-20-17(14)19(26)22-18(23-20)13(2)21-8-4-10-24-9-3-5-16(24)25/h12-13,21H,3-11H2,1-2H3,(H,22,23,26)/p+1/t12-,13+/m1/s1. The summed E-state index contributed by atoms with van der Waals surface area (Å²) in [4.78, 5) is 36.4. The maximum absolute atomic E-state index is 12.7. The molecule has 7 heteroatoms. The maximum Gasteiger partial charge on any atom is 0.260 e. The predicted octanol–water partition coefficient (Wildman–Crippen LogP) is 1.75. The van der Waals surface area contributed by atoms with Crippen LogP contribution < -0.4 is 10.9 Å². The van der Waals surface area contributed by atoms with Gasteiger partial charge in [0.25, 0.3) is 5.56 Å². The summed E-state index contributed by atoms with van der Waals surface area (Å²) in [6.07, 6.45) is 5.89. The zero-order valence-electron chi connectivity index (χ0n) is 16.2. The number of hydrogen-bond donors (Lipinski definition) is 2. The molecular weight excluding hydrogens is 360 g/mol. The van der Waals surface area contributed by atoms with E-state index in [0.29, 0.717) is 12.3 Å². The molecule has 1 aliphatic heterocycles. The molecule has 146 valence electrons. The number of H-pyrrole nitrogens is 1. The summed E-state index contributed by atoms with van der Waals surface area (Å²) in [7, 11) is 0. The largest absolute Gasteiger partial charge is 0.342 e. The van der Waals surface area contributed by atoms with Crippen molar-refractivity contribution in [1.29, 1.82) is 0 Å². The van der Waals surface area contributed by atoms with E-state index in [0.717, 1.165) is 67.8 Å². The Hall–Kier alpha value is -1.73. The number of carbonyl (C=O) groups is 1. The van der Waals surface area contributed by atoms with Crippen molar-refractivity contribution in [3.05, 3.63) is 26.6 Å². The minimum Gasteiger partial charge on any atom is -0.342 e. The molecule has 3 heterocycles. The van der Waals surface area contributed by atoms with Crippen LogP contribution in [0.2, 0.25) is 0 Å². The third kappa shape index (κ3) is 3.80. The third-order valence-electron chi connectivity index (χ3n) is 5.94. The molecule has 27 heavy (non-hydrogen) atoms. The van der Waals surface area contributed by atoms with Gasteiger partial charge in [0.15, 0.2) is 5.82 Å². The van der Waals surface area contributed by atoms with Gasteiger partial charge in [0.1, 0.15) is 10.9 Å². The Morgan fingerprint density at radius 1 is 1.37 bits per heavy atom. The van der Waals surface area contributed by atoms with Gasteiger partial charge in [-0.05, 0) is 44.1 Å². The van der Waals surface area contributed by atoms with Gasteiger partial charge < -0.3 is 15.2 Å². The summed E-state index contributed by atoms with van der Waals surface area (Å²) >= 11 is 1.71. The second-order valence-corrected chi connectivity index (χ2v) is 9.22. The summed E-state index contributed by atoms with van der Waals surface area (Å²) in [5.74, 6) is 1.74. The monoisotopic (exact) mass is 389 g/mol. The van der Waals surface area contributed by atoms with Crippen molar-refractivity contribution in [3.63, 3.8) is 0 Å². The van der Waals surface area contributed by atoms with E-state index in [2.05, 4.69) is 24.1 Å². The van der Waals surface area contributed by atoms with Crippen LogP contribution in [0.1, 0.15) is 61.8 Å². The SMILES string of the molecule is C[C@@H]1CCc2c(sc3nc([C@H](C)[NH2+]CCCN4CCCC4=O)[nH]c(=O)c23)C1. The number of carbonyl (C=O) groups excluding carboxylic acids is 1. The van der Waals surface area contributed by atoms with Crippen molar-refractivity contribution in [2.24, 2.45) is 5.92 Å². The molecule has 1 fully saturated rings. The first-order valence-electron chi connectivity index (χ1n) is 10.2. The number of amides is 1. The highest BCUT2D eigenvalue weighted by Gasteiger charge is 2.24. The molecule has 6 nitrogen and oxygen atoms in total. The van der Waals surface area contributed by atoms with Gasteiger partial charge in [-0.15, -0.1) is 11.3 Å². The number of nitrogens with two attached hydrogens (primary N) is 1. The van der Waals surface area contributed by atoms with Crippen LogP contribution in [0.15, 0.2) is 4.79 Å². The van der Waals surface area contributed by atoms with E-state index in [9.17, 15) is 9.59 Å². The first-order chi connectivity index (χ1) is 13.0. The van der Waals surface area contributed by atoms with Crippen molar-refractivity contribution in [2.75, 3.05) is 19.6 Å². The van der Waals surface area contributed by atoms with Crippen LogP contribution in [-0.2, 0) is 17.6 Å². The van der Waals surface area contributed by atoms with Crippen LogP contribution in [0.3, 0.4) is 0 Å². The summed E-state index contributed by atoms with van der Waals surface area (Å²) < 4.78 is 0. The Morgan fingerprint density at radius 3 is 3.00 bits per heavy atom. The van der Waals surface area contributed by atoms with Gasteiger partial charge in [-0.25, -0.2) is 4.98 Å². The van der Waals surface area contributed by atoms with Crippen molar-refractivity contribution in [3.8, 4) is 0 Å². The van der Waals surface area contributed by atoms with Gasteiger partial charge in [0, 0.05) is 30.8 Å². The number of aromatic nitrogens is 2. The molecule has 3 N–H and O–H groups in total. The number of aryl methyl sites for hydroxylation is 1. The number of aromatic amines is 1. The van der Waals surface area contributed by atoms with Crippen LogP contribution in [-0.4, -0.2) is 40.4 Å². The molecule has 0 radical (unpaired) electrons. The molecule has 0 bridgehead atoms. The average molecular weight is 390 g/mol. The van der Waals surface area contributed by atoms with Crippen molar-refractivity contribution < 1.29 is 10.1 Å². The topological polar surface area (TPSA) is 82.7 Å². The molecule has 0 spiro atoms. The molecule has 0 saturated carbocycles. The molecule has 0 unspecified atom stereocenters. The Kier molecular flexibility index (Phi) is 5.32. The first kappa shape index (κ1) is 18.6. The molecule has 1 amide bonds. The van der Waals surface area contributed by atoms with E-state index in [1.807, 2.05) is 4.90 Å². The van der Waals surface area contributed by atoms with Crippen LogP contribution in [0.4, 0.5) is 0 Å². The number of quaternary nitrogens is 1. The van der Waals surface area contributed by atoms with E-state index >= 15 is 0 Å². The van der Waals surface area contributed by atoms with E-state index in [1.54, 1.807) is 11.3 Å². The summed E-state index contributed by atoms with van der Waals surface area (Å²) in [6.45, 7) is 7.03. The van der Waals surface area contributed by atoms with Crippen LogP contribution in [0.25, 0.3) is 10.2 Å². The molecule has 2 aromatic heterocycles. The van der Waals surface area contributed by atoms with Crippen LogP contribution >= 0.6 is 11.3 Å². The minimum atomic E-state index is 0.0185. The molecular formula is C20H29N4O2S+. The van der Waals surface area contributed by atoms with Gasteiger partial charge in [0.2, 0.25) is 5.91 Å². The molecule has 1 aliphatic carbocycles. The fourth-order valence-corrected chi connectivity index (χ4v) is 5.67. The minimum absolute atomic E-state index is 0.0185. The van der Waals surface area contributed by atoms with Crippen molar-refractivity contribution >= 4 is 27.5 Å². The fraction of sp³-hybridized carbons (Fsp3) is 0.650. The number of nitrogens with zero attached hydrogens (tertiary/aromatic N) is 2. The quantitative estimate of drug-likeness (QED) is 0.739. The maximum atomic E-state index is 12.7. The average Bonchev–Trinajstić information content (AvgIpc) is 3.21. The number of hydrogen-bond acceptors (Lipinski definition) is 4. The Labute approximate surface area is 163 Å². The van der Waals surface area contributed by atoms with Gasteiger partial charge in [-0.1, -0.05) is 6.92 Å². The van der Waals surface area contributed by atoms with E-state index in [-0.39, 0.29) is 17.5 Å². The number of rotatable bonds is 6. The van der Waals surface area contributed by atoms with Crippen LogP contribution in [0.5, 0.6) is 0 Å². The lowest BCUT2D eigenvalue weighted by atomic mass is 9.89. The molecule has 2 atom stereocenters. The fourth-order valence-electron chi connectivity index (χ4n) is 4.28. The molecule has 4 rings (SSSR count). The Bertz CT molecular complexity index is 903. The van der Waals surface area contributed by atoms with Gasteiger partial charge >= 0.3 is 0 Å².